The Kier molecular flexibility index (Phi) is 3.30. The molecule has 6 heteroatoms. The number of anilines is 1. The van der Waals surface area contributed by atoms with Crippen LogP contribution in [0.1, 0.15) is 24.9 Å². The number of carbonyl (C=O) groups excluding carboxylic acids is 1. The maximum Gasteiger partial charge on any atom is 0.231 e. The number of carbonyl (C=O) groups is 1. The van der Waals surface area contributed by atoms with Crippen LogP contribution in [0, 0.1) is 0 Å². The second kappa shape index (κ2) is 5.80. The third-order valence-electron chi connectivity index (χ3n) is 5.98. The van der Waals surface area contributed by atoms with Crippen LogP contribution in [0.15, 0.2) is 36.4 Å². The number of ether oxygens (including phenoxy) is 4. The van der Waals surface area contributed by atoms with Crippen LogP contribution in [0.3, 0.4) is 0 Å². The third-order valence-corrected chi connectivity index (χ3v) is 5.98. The van der Waals surface area contributed by atoms with Crippen molar-refractivity contribution >= 4 is 22.2 Å². The molecule has 3 aliphatic rings. The quantitative estimate of drug-likeness (QED) is 0.646. The van der Waals surface area contributed by atoms with Gasteiger partial charge in [0.1, 0.15) is 5.78 Å². The van der Waals surface area contributed by atoms with Crippen molar-refractivity contribution in [1.82, 2.24) is 0 Å². The van der Waals surface area contributed by atoms with Gasteiger partial charge in [-0.15, -0.1) is 0 Å². The van der Waals surface area contributed by atoms with E-state index in [0.29, 0.717) is 6.42 Å². The minimum atomic E-state index is -0.0828. The Morgan fingerprint density at radius 3 is 2.31 bits per heavy atom. The van der Waals surface area contributed by atoms with Gasteiger partial charge in [-0.05, 0) is 47.7 Å². The first-order valence-corrected chi connectivity index (χ1v) is 9.62. The van der Waals surface area contributed by atoms with Crippen molar-refractivity contribution in [2.24, 2.45) is 0 Å². The van der Waals surface area contributed by atoms with Gasteiger partial charge >= 0.3 is 0 Å². The highest BCUT2D eigenvalue weighted by molar-refractivity contribution is 6.05. The van der Waals surface area contributed by atoms with Crippen LogP contribution < -0.4 is 23.8 Å². The molecule has 29 heavy (non-hydrogen) atoms. The molecule has 3 heterocycles. The monoisotopic (exact) mass is 389 g/mol. The van der Waals surface area contributed by atoms with E-state index >= 15 is 0 Å². The lowest BCUT2D eigenvalue weighted by molar-refractivity contribution is -0.117. The molecular formula is C23H19NO5. The van der Waals surface area contributed by atoms with Gasteiger partial charge in [-0.3, -0.25) is 4.79 Å². The second-order valence-corrected chi connectivity index (χ2v) is 7.71. The van der Waals surface area contributed by atoms with Gasteiger partial charge in [0.05, 0.1) is 11.7 Å². The van der Waals surface area contributed by atoms with E-state index in [4.69, 9.17) is 18.9 Å². The first-order chi connectivity index (χ1) is 14.1. The molecule has 0 amide bonds. The predicted molar refractivity (Wildman–Crippen MR) is 108 cm³/mol. The molecule has 0 N–H and O–H groups in total. The van der Waals surface area contributed by atoms with Crippen molar-refractivity contribution in [3.05, 3.63) is 42.0 Å². The molecule has 6 rings (SSSR count). The number of fused-ring (bicyclic) bond motifs is 7. The molecule has 0 saturated carbocycles. The molecule has 3 aromatic carbocycles. The lowest BCUT2D eigenvalue weighted by Crippen LogP contribution is -2.30. The van der Waals surface area contributed by atoms with Crippen molar-refractivity contribution in [2.45, 2.75) is 19.4 Å². The topological polar surface area (TPSA) is 57.2 Å². The highest BCUT2D eigenvalue weighted by Gasteiger charge is 2.34. The van der Waals surface area contributed by atoms with Gasteiger partial charge < -0.3 is 23.8 Å². The summed E-state index contributed by atoms with van der Waals surface area (Å²) in [4.78, 5) is 14.3. The fraction of sp³-hybridized carbons (Fsp3) is 0.261. The summed E-state index contributed by atoms with van der Waals surface area (Å²) in [6.07, 6.45) is 0.420. The molecule has 3 aliphatic heterocycles. The van der Waals surface area contributed by atoms with Gasteiger partial charge in [0.2, 0.25) is 13.6 Å². The summed E-state index contributed by atoms with van der Waals surface area (Å²) < 4.78 is 22.4. The van der Waals surface area contributed by atoms with Crippen molar-refractivity contribution in [2.75, 3.05) is 25.5 Å². The molecule has 0 spiro atoms. The van der Waals surface area contributed by atoms with E-state index in [1.54, 1.807) is 6.92 Å². The molecule has 1 unspecified atom stereocenters. The molecular weight excluding hydrogens is 370 g/mol. The standard InChI is InChI=1S/C23H19NO5/c1-12(25)5-18-17-9-22-21(28-11-29-22)8-16(17)14-4-3-13-6-19-20(27-10-26-19)7-15(13)23(14)24(18)2/h3-4,6-9,18H,5,10-11H2,1-2H3. The summed E-state index contributed by atoms with van der Waals surface area (Å²) in [6.45, 7) is 2.10. The highest BCUT2D eigenvalue weighted by atomic mass is 16.7. The lowest BCUT2D eigenvalue weighted by atomic mass is 9.84. The third kappa shape index (κ3) is 2.32. The highest BCUT2D eigenvalue weighted by Crippen LogP contribution is 2.53. The van der Waals surface area contributed by atoms with E-state index in [0.717, 1.165) is 56.1 Å². The Hall–Kier alpha value is -3.41. The number of hydrogen-bond acceptors (Lipinski definition) is 6. The van der Waals surface area contributed by atoms with Crippen LogP contribution in [0.4, 0.5) is 5.69 Å². The minimum absolute atomic E-state index is 0.0828. The van der Waals surface area contributed by atoms with Crippen molar-refractivity contribution in [3.8, 4) is 34.1 Å². The fourth-order valence-electron chi connectivity index (χ4n) is 4.65. The smallest absolute Gasteiger partial charge is 0.231 e. The van der Waals surface area contributed by atoms with Crippen LogP contribution in [0.2, 0.25) is 0 Å². The van der Waals surface area contributed by atoms with Crippen LogP contribution >= 0.6 is 0 Å². The Bertz CT molecular complexity index is 1200. The average Bonchev–Trinajstić information content (AvgIpc) is 3.35. The molecule has 3 aromatic rings. The largest absolute Gasteiger partial charge is 0.454 e. The van der Waals surface area contributed by atoms with Gasteiger partial charge in [0.15, 0.2) is 23.0 Å². The maximum absolute atomic E-state index is 12.1. The average molecular weight is 389 g/mol. The number of nitrogens with zero attached hydrogens (tertiary/aromatic N) is 1. The summed E-state index contributed by atoms with van der Waals surface area (Å²) in [5.41, 5.74) is 4.35. The minimum Gasteiger partial charge on any atom is -0.454 e. The number of ketones is 1. The fourth-order valence-corrected chi connectivity index (χ4v) is 4.65. The van der Waals surface area contributed by atoms with E-state index in [2.05, 4.69) is 17.0 Å². The molecule has 0 bridgehead atoms. The Balaban J connectivity index is 1.65. The molecule has 0 radical (unpaired) electrons. The van der Waals surface area contributed by atoms with Gasteiger partial charge in [-0.25, -0.2) is 0 Å². The summed E-state index contributed by atoms with van der Waals surface area (Å²) in [6, 6.07) is 12.3. The summed E-state index contributed by atoms with van der Waals surface area (Å²) in [7, 11) is 2.05. The second-order valence-electron chi connectivity index (χ2n) is 7.71. The number of hydrogen-bond donors (Lipinski definition) is 0. The van der Waals surface area contributed by atoms with Crippen LogP contribution in [-0.2, 0) is 4.79 Å². The lowest BCUT2D eigenvalue weighted by Gasteiger charge is -2.38. The van der Waals surface area contributed by atoms with Crippen molar-refractivity contribution in [1.29, 1.82) is 0 Å². The zero-order chi connectivity index (χ0) is 19.7. The zero-order valence-corrected chi connectivity index (χ0v) is 16.2. The summed E-state index contributed by atoms with van der Waals surface area (Å²) in [5, 5.41) is 2.15. The van der Waals surface area contributed by atoms with E-state index in [-0.39, 0.29) is 25.4 Å². The van der Waals surface area contributed by atoms with Crippen molar-refractivity contribution in [3.63, 3.8) is 0 Å². The molecule has 1 atom stereocenters. The van der Waals surface area contributed by atoms with E-state index < -0.39 is 0 Å². The van der Waals surface area contributed by atoms with Crippen LogP contribution in [0.25, 0.3) is 21.9 Å². The Labute approximate surface area is 167 Å². The van der Waals surface area contributed by atoms with E-state index in [1.807, 2.05) is 31.3 Å². The Morgan fingerprint density at radius 1 is 0.931 bits per heavy atom. The molecule has 6 nitrogen and oxygen atoms in total. The zero-order valence-electron chi connectivity index (χ0n) is 16.2. The number of benzene rings is 3. The van der Waals surface area contributed by atoms with E-state index in [9.17, 15) is 4.79 Å². The molecule has 0 fully saturated rings. The molecule has 146 valence electrons. The first kappa shape index (κ1) is 16.5. The van der Waals surface area contributed by atoms with Crippen LogP contribution in [-0.4, -0.2) is 26.4 Å². The predicted octanol–water partition coefficient (Wildman–Crippen LogP) is 4.43. The summed E-state index contributed by atoms with van der Waals surface area (Å²) >= 11 is 0. The van der Waals surface area contributed by atoms with E-state index in [1.165, 1.54) is 0 Å². The Morgan fingerprint density at radius 2 is 1.59 bits per heavy atom. The normalized spacial score (nSPS) is 18.0. The maximum atomic E-state index is 12.1. The molecule has 0 aromatic heterocycles. The summed E-state index contributed by atoms with van der Waals surface area (Å²) in [5.74, 6) is 3.13. The van der Waals surface area contributed by atoms with Gasteiger partial charge in [-0.2, -0.15) is 0 Å². The molecule has 0 saturated heterocycles. The molecule has 0 aliphatic carbocycles. The van der Waals surface area contributed by atoms with Crippen LogP contribution in [0.5, 0.6) is 23.0 Å². The first-order valence-electron chi connectivity index (χ1n) is 9.62. The SMILES string of the molecule is CC(=O)CC1c2cc3c(cc2-c2ccc4cc5c(cc4c2N1C)OCO5)OCO3. The van der Waals surface area contributed by atoms with Gasteiger partial charge in [0.25, 0.3) is 0 Å². The number of Topliss-reactive ketones (excluding diaryl/α,β-unsaturated/α-hetero) is 1. The number of rotatable bonds is 2. The van der Waals surface area contributed by atoms with Gasteiger partial charge in [0, 0.05) is 24.4 Å². The van der Waals surface area contributed by atoms with Crippen molar-refractivity contribution < 1.29 is 23.7 Å². The van der Waals surface area contributed by atoms with Gasteiger partial charge in [-0.1, -0.05) is 12.1 Å².